The standard InChI is InChI=1S/C22H27ClN4O/c1-22(2,3)15-6-8-16(9-7-15)25-21(28)27-17-10-11-18(27)14-26(13-17)20-19(23)5-4-12-24-20/h4-9,12,17-18H,10-11,13-14H2,1-3H3,(H,25,28). The van der Waals surface area contributed by atoms with E-state index in [0.29, 0.717) is 5.02 Å². The Kier molecular flexibility index (Phi) is 4.96. The Morgan fingerprint density at radius 1 is 1.11 bits per heavy atom. The van der Waals surface area contributed by atoms with Crippen molar-refractivity contribution in [3.8, 4) is 0 Å². The van der Waals surface area contributed by atoms with Gasteiger partial charge in [0.15, 0.2) is 0 Å². The molecule has 0 spiro atoms. The fourth-order valence-corrected chi connectivity index (χ4v) is 4.50. The van der Waals surface area contributed by atoms with Gasteiger partial charge < -0.3 is 15.1 Å². The monoisotopic (exact) mass is 398 g/mol. The number of urea groups is 1. The lowest BCUT2D eigenvalue weighted by Crippen LogP contribution is -2.57. The quantitative estimate of drug-likeness (QED) is 0.781. The molecule has 2 saturated heterocycles. The molecule has 2 aliphatic rings. The average molecular weight is 399 g/mol. The first-order chi connectivity index (χ1) is 13.3. The largest absolute Gasteiger partial charge is 0.351 e. The second kappa shape index (κ2) is 7.28. The van der Waals surface area contributed by atoms with Crippen molar-refractivity contribution in [3.05, 3.63) is 53.2 Å². The van der Waals surface area contributed by atoms with E-state index in [4.69, 9.17) is 11.6 Å². The van der Waals surface area contributed by atoms with Crippen molar-refractivity contribution in [3.63, 3.8) is 0 Å². The summed E-state index contributed by atoms with van der Waals surface area (Å²) in [6, 6.07) is 12.2. The molecule has 3 heterocycles. The molecule has 2 fully saturated rings. The third-order valence-corrected chi connectivity index (χ3v) is 6.05. The van der Waals surface area contributed by atoms with E-state index in [-0.39, 0.29) is 23.5 Å². The molecule has 0 radical (unpaired) electrons. The first-order valence-corrected chi connectivity index (χ1v) is 10.3. The normalized spacial score (nSPS) is 21.7. The van der Waals surface area contributed by atoms with Crippen molar-refractivity contribution in [2.75, 3.05) is 23.3 Å². The number of carbonyl (C=O) groups excluding carboxylic acids is 1. The molecule has 6 heteroatoms. The van der Waals surface area contributed by atoms with Crippen LogP contribution in [-0.4, -0.2) is 41.1 Å². The Balaban J connectivity index is 1.44. The number of benzene rings is 1. The Morgan fingerprint density at radius 2 is 1.75 bits per heavy atom. The fourth-order valence-electron chi connectivity index (χ4n) is 4.26. The molecule has 2 bridgehead atoms. The van der Waals surface area contributed by atoms with Crippen LogP contribution in [0.3, 0.4) is 0 Å². The summed E-state index contributed by atoms with van der Waals surface area (Å²) in [7, 11) is 0. The second-order valence-corrected chi connectivity index (χ2v) is 9.17. The number of hydrogen-bond acceptors (Lipinski definition) is 3. The summed E-state index contributed by atoms with van der Waals surface area (Å²) in [5.41, 5.74) is 2.20. The lowest BCUT2D eigenvalue weighted by atomic mass is 9.87. The Morgan fingerprint density at radius 3 is 2.32 bits per heavy atom. The number of nitrogens with one attached hydrogen (secondary N) is 1. The molecule has 5 nitrogen and oxygen atoms in total. The van der Waals surface area contributed by atoms with Gasteiger partial charge in [-0.3, -0.25) is 0 Å². The number of fused-ring (bicyclic) bond motifs is 2. The number of hydrogen-bond donors (Lipinski definition) is 1. The Labute approximate surface area is 171 Å². The third kappa shape index (κ3) is 3.68. The topological polar surface area (TPSA) is 48.5 Å². The van der Waals surface area contributed by atoms with Gasteiger partial charge in [-0.05, 0) is 48.1 Å². The van der Waals surface area contributed by atoms with E-state index in [1.807, 2.05) is 29.2 Å². The second-order valence-electron chi connectivity index (χ2n) is 8.76. The van der Waals surface area contributed by atoms with Crippen LogP contribution in [0.2, 0.25) is 5.02 Å². The molecule has 0 saturated carbocycles. The SMILES string of the molecule is CC(C)(C)c1ccc(NC(=O)N2C3CCC2CN(c2ncccc2Cl)C3)cc1. The molecule has 0 aliphatic carbocycles. The number of pyridine rings is 1. The molecule has 4 rings (SSSR count). The lowest BCUT2D eigenvalue weighted by molar-refractivity contribution is 0.175. The van der Waals surface area contributed by atoms with Crippen LogP contribution in [0.1, 0.15) is 39.2 Å². The van der Waals surface area contributed by atoms with Crippen molar-refractivity contribution in [1.82, 2.24) is 9.88 Å². The minimum Gasteiger partial charge on any atom is -0.351 e. The Hall–Kier alpha value is -2.27. The van der Waals surface area contributed by atoms with Gasteiger partial charge in [0, 0.05) is 25.0 Å². The van der Waals surface area contributed by atoms with Crippen LogP contribution >= 0.6 is 11.6 Å². The minimum atomic E-state index is -0.0113. The van der Waals surface area contributed by atoms with Gasteiger partial charge in [-0.15, -0.1) is 0 Å². The van der Waals surface area contributed by atoms with E-state index < -0.39 is 0 Å². The number of carbonyl (C=O) groups is 1. The van der Waals surface area contributed by atoms with Gasteiger partial charge in [0.25, 0.3) is 0 Å². The Bertz CT molecular complexity index is 848. The maximum absolute atomic E-state index is 13.0. The highest BCUT2D eigenvalue weighted by Crippen LogP contribution is 2.34. The van der Waals surface area contributed by atoms with E-state index in [0.717, 1.165) is 37.4 Å². The van der Waals surface area contributed by atoms with Gasteiger partial charge in [-0.2, -0.15) is 0 Å². The van der Waals surface area contributed by atoms with Crippen LogP contribution in [0.25, 0.3) is 0 Å². The summed E-state index contributed by atoms with van der Waals surface area (Å²) in [6.07, 6.45) is 3.80. The number of anilines is 2. The summed E-state index contributed by atoms with van der Waals surface area (Å²) < 4.78 is 0. The van der Waals surface area contributed by atoms with Gasteiger partial charge in [0.1, 0.15) is 5.82 Å². The first-order valence-electron chi connectivity index (χ1n) is 9.88. The average Bonchev–Trinajstić information content (AvgIpc) is 2.92. The fraction of sp³-hybridized carbons (Fsp3) is 0.455. The number of amides is 2. The van der Waals surface area contributed by atoms with Crippen LogP contribution in [0, 0.1) is 0 Å². The minimum absolute atomic E-state index is 0.0113. The summed E-state index contributed by atoms with van der Waals surface area (Å²) in [6.45, 7) is 8.09. The molecule has 2 aliphatic heterocycles. The molecule has 1 N–H and O–H groups in total. The number of piperazine rings is 1. The predicted octanol–water partition coefficient (Wildman–Crippen LogP) is 4.92. The van der Waals surface area contributed by atoms with Crippen molar-refractivity contribution >= 4 is 29.1 Å². The van der Waals surface area contributed by atoms with Gasteiger partial charge >= 0.3 is 6.03 Å². The summed E-state index contributed by atoms with van der Waals surface area (Å²) in [5, 5.41) is 3.75. The molecule has 2 amide bonds. The van der Waals surface area contributed by atoms with E-state index in [1.165, 1.54) is 5.56 Å². The molecule has 28 heavy (non-hydrogen) atoms. The number of halogens is 1. The van der Waals surface area contributed by atoms with Crippen molar-refractivity contribution < 1.29 is 4.79 Å². The predicted molar refractivity (Wildman–Crippen MR) is 114 cm³/mol. The maximum Gasteiger partial charge on any atom is 0.322 e. The van der Waals surface area contributed by atoms with Gasteiger partial charge in [0.2, 0.25) is 0 Å². The first kappa shape index (κ1) is 19.1. The van der Waals surface area contributed by atoms with Crippen LogP contribution in [0.4, 0.5) is 16.3 Å². The zero-order valence-corrected chi connectivity index (χ0v) is 17.4. The molecule has 1 aromatic carbocycles. The van der Waals surface area contributed by atoms with Crippen LogP contribution in [-0.2, 0) is 5.41 Å². The molecule has 1 aromatic heterocycles. The molecular weight excluding hydrogens is 372 g/mol. The smallest absolute Gasteiger partial charge is 0.322 e. The molecule has 2 atom stereocenters. The summed E-state index contributed by atoms with van der Waals surface area (Å²) in [5.74, 6) is 0.818. The third-order valence-electron chi connectivity index (χ3n) is 5.76. The van der Waals surface area contributed by atoms with E-state index in [1.54, 1.807) is 6.20 Å². The summed E-state index contributed by atoms with van der Waals surface area (Å²) in [4.78, 5) is 21.6. The molecule has 148 valence electrons. The highest BCUT2D eigenvalue weighted by atomic mass is 35.5. The van der Waals surface area contributed by atoms with Gasteiger partial charge in [-0.1, -0.05) is 44.5 Å². The van der Waals surface area contributed by atoms with Gasteiger partial charge in [-0.25, -0.2) is 9.78 Å². The number of nitrogens with zero attached hydrogens (tertiary/aromatic N) is 3. The van der Waals surface area contributed by atoms with Crippen LogP contribution in [0.15, 0.2) is 42.6 Å². The van der Waals surface area contributed by atoms with E-state index >= 15 is 0 Å². The maximum atomic E-state index is 13.0. The molecular formula is C22H27ClN4O. The number of rotatable bonds is 2. The lowest BCUT2D eigenvalue weighted by Gasteiger charge is -2.41. The zero-order chi connectivity index (χ0) is 19.9. The van der Waals surface area contributed by atoms with Crippen LogP contribution in [0.5, 0.6) is 0 Å². The molecule has 2 unspecified atom stereocenters. The zero-order valence-electron chi connectivity index (χ0n) is 16.7. The van der Waals surface area contributed by atoms with Crippen molar-refractivity contribution in [2.45, 2.75) is 51.1 Å². The number of aromatic nitrogens is 1. The highest BCUT2D eigenvalue weighted by Gasteiger charge is 2.43. The van der Waals surface area contributed by atoms with E-state index in [2.05, 4.69) is 48.1 Å². The van der Waals surface area contributed by atoms with E-state index in [9.17, 15) is 4.79 Å². The highest BCUT2D eigenvalue weighted by molar-refractivity contribution is 6.32. The van der Waals surface area contributed by atoms with Crippen LogP contribution < -0.4 is 10.2 Å². The van der Waals surface area contributed by atoms with Crippen molar-refractivity contribution in [1.29, 1.82) is 0 Å². The van der Waals surface area contributed by atoms with Crippen molar-refractivity contribution in [2.24, 2.45) is 0 Å². The summed E-state index contributed by atoms with van der Waals surface area (Å²) >= 11 is 6.33. The molecule has 2 aromatic rings. The van der Waals surface area contributed by atoms with Gasteiger partial charge in [0.05, 0.1) is 17.1 Å².